The summed E-state index contributed by atoms with van der Waals surface area (Å²) >= 11 is 0. The maximum Gasteiger partial charge on any atom is 0.490 e. The summed E-state index contributed by atoms with van der Waals surface area (Å²) in [5.41, 5.74) is 9.97. The Morgan fingerprint density at radius 3 is 2.41 bits per heavy atom. The van der Waals surface area contributed by atoms with Crippen LogP contribution in [0.4, 0.5) is 13.2 Å². The van der Waals surface area contributed by atoms with E-state index in [1.807, 2.05) is 30.6 Å². The second-order valence-corrected chi connectivity index (χ2v) is 8.63. The fraction of sp³-hybridized carbons (Fsp3) is 0.231. The Labute approximate surface area is 210 Å². The van der Waals surface area contributed by atoms with Gasteiger partial charge in [-0.05, 0) is 48.9 Å². The summed E-state index contributed by atoms with van der Waals surface area (Å²) in [5, 5.41) is 12.6. The Morgan fingerprint density at radius 1 is 1.05 bits per heavy atom. The van der Waals surface area contributed by atoms with Crippen molar-refractivity contribution in [3.8, 4) is 5.69 Å². The first-order valence-electron chi connectivity index (χ1n) is 11.4. The van der Waals surface area contributed by atoms with E-state index in [2.05, 4.69) is 51.4 Å². The van der Waals surface area contributed by atoms with Crippen molar-refractivity contribution in [1.29, 1.82) is 0 Å². The van der Waals surface area contributed by atoms with Gasteiger partial charge in [-0.1, -0.05) is 30.3 Å². The van der Waals surface area contributed by atoms with Gasteiger partial charge in [0.1, 0.15) is 5.52 Å². The molecular formula is C26H24F3N5O3. The highest BCUT2D eigenvalue weighted by molar-refractivity contribution is 6.04. The summed E-state index contributed by atoms with van der Waals surface area (Å²) in [6.07, 6.45) is -0.131. The second kappa shape index (κ2) is 10.8. The molecule has 8 nitrogen and oxygen atoms in total. The summed E-state index contributed by atoms with van der Waals surface area (Å²) in [4.78, 5) is 27.5. The van der Waals surface area contributed by atoms with Crippen LogP contribution in [0.15, 0.2) is 73.1 Å². The van der Waals surface area contributed by atoms with E-state index in [0.717, 1.165) is 37.1 Å². The van der Waals surface area contributed by atoms with Gasteiger partial charge in [0.15, 0.2) is 0 Å². The molecule has 1 saturated heterocycles. The van der Waals surface area contributed by atoms with Crippen LogP contribution in [0.3, 0.4) is 0 Å². The fourth-order valence-electron chi connectivity index (χ4n) is 4.22. The molecular weight excluding hydrogens is 487 g/mol. The van der Waals surface area contributed by atoms with Crippen molar-refractivity contribution >= 4 is 22.8 Å². The molecule has 3 N–H and O–H groups in total. The van der Waals surface area contributed by atoms with Crippen LogP contribution in [-0.2, 0) is 11.3 Å². The van der Waals surface area contributed by atoms with Crippen molar-refractivity contribution in [1.82, 2.24) is 19.7 Å². The zero-order chi connectivity index (χ0) is 26.6. The average Bonchev–Trinajstić information content (AvgIpc) is 3.52. The number of nitrogens with zero attached hydrogens (tertiary/aromatic N) is 4. The van der Waals surface area contributed by atoms with Crippen molar-refractivity contribution in [3.63, 3.8) is 0 Å². The third-order valence-corrected chi connectivity index (χ3v) is 6.03. The molecule has 1 aliphatic heterocycles. The Balaban J connectivity index is 0.000000405. The molecule has 0 bridgehead atoms. The lowest BCUT2D eigenvalue weighted by atomic mass is 10.0. The number of primary amides is 1. The molecule has 1 unspecified atom stereocenters. The number of alkyl halides is 3. The smallest absolute Gasteiger partial charge is 0.475 e. The normalized spacial score (nSPS) is 15.8. The molecule has 37 heavy (non-hydrogen) atoms. The second-order valence-electron chi connectivity index (χ2n) is 8.63. The van der Waals surface area contributed by atoms with E-state index >= 15 is 0 Å². The van der Waals surface area contributed by atoms with Gasteiger partial charge in [-0.3, -0.25) is 14.7 Å². The van der Waals surface area contributed by atoms with Gasteiger partial charge in [0.25, 0.3) is 5.91 Å². The standard InChI is InChI=1S/C24H23N5O.C2HF3O2/c25-24(30)21-5-3-4-19-16-29(27-23(19)21)20-9-7-17(8-10-20)14-28-13-11-18(15-28)22-6-1-2-12-26-22;3-2(4,5)1(6)7/h1-10,12,16,18H,11,13-15H2,(H2,25,30);(H,6,7). The first-order chi connectivity index (χ1) is 17.6. The fourth-order valence-corrected chi connectivity index (χ4v) is 4.22. The molecule has 3 heterocycles. The molecule has 1 atom stereocenters. The number of hydrogen-bond acceptors (Lipinski definition) is 5. The van der Waals surface area contributed by atoms with Crippen molar-refractivity contribution < 1.29 is 27.9 Å². The predicted molar refractivity (Wildman–Crippen MR) is 130 cm³/mol. The van der Waals surface area contributed by atoms with E-state index in [9.17, 15) is 18.0 Å². The number of amides is 1. The molecule has 0 aliphatic carbocycles. The number of carbonyl (C=O) groups excluding carboxylic acids is 1. The lowest BCUT2D eigenvalue weighted by Crippen LogP contribution is -2.21. The molecule has 2 aromatic heterocycles. The van der Waals surface area contributed by atoms with Gasteiger partial charge in [0, 0.05) is 42.5 Å². The SMILES string of the molecule is NC(=O)c1cccc2cn(-c3ccc(CN4CCC(c5ccccn5)C4)cc3)nc12.O=C(O)C(F)(F)F. The molecule has 11 heteroatoms. The lowest BCUT2D eigenvalue weighted by Gasteiger charge is -2.16. The van der Waals surface area contributed by atoms with Crippen LogP contribution in [0.5, 0.6) is 0 Å². The number of carboxylic acid groups (broad SMARTS) is 1. The van der Waals surface area contributed by atoms with Crippen LogP contribution >= 0.6 is 0 Å². The summed E-state index contributed by atoms with van der Waals surface area (Å²) < 4.78 is 33.5. The highest BCUT2D eigenvalue weighted by atomic mass is 19.4. The van der Waals surface area contributed by atoms with Gasteiger partial charge in [-0.25, -0.2) is 9.48 Å². The highest BCUT2D eigenvalue weighted by Gasteiger charge is 2.38. The number of pyridine rings is 1. The summed E-state index contributed by atoms with van der Waals surface area (Å²) in [6, 6.07) is 20.0. The topological polar surface area (TPSA) is 114 Å². The van der Waals surface area contributed by atoms with Gasteiger partial charge >= 0.3 is 12.1 Å². The maximum absolute atomic E-state index is 11.6. The Hall–Kier alpha value is -4.25. The molecule has 192 valence electrons. The Morgan fingerprint density at radius 2 is 1.78 bits per heavy atom. The lowest BCUT2D eigenvalue weighted by molar-refractivity contribution is -0.192. The highest BCUT2D eigenvalue weighted by Crippen LogP contribution is 2.27. The third kappa shape index (κ3) is 6.31. The van der Waals surface area contributed by atoms with Crippen molar-refractivity contribution in [3.05, 3.63) is 89.9 Å². The minimum atomic E-state index is -5.08. The molecule has 0 radical (unpaired) electrons. The number of aromatic nitrogens is 3. The molecule has 0 spiro atoms. The third-order valence-electron chi connectivity index (χ3n) is 6.03. The van der Waals surface area contributed by atoms with Crippen molar-refractivity contribution in [2.24, 2.45) is 5.73 Å². The number of nitrogens with two attached hydrogens (primary N) is 1. The molecule has 4 aromatic rings. The van der Waals surface area contributed by atoms with E-state index in [1.165, 1.54) is 11.3 Å². The molecule has 1 aliphatic rings. The minimum Gasteiger partial charge on any atom is -0.475 e. The quantitative estimate of drug-likeness (QED) is 0.416. The summed E-state index contributed by atoms with van der Waals surface area (Å²) in [5.74, 6) is -2.70. The molecule has 0 saturated carbocycles. The summed E-state index contributed by atoms with van der Waals surface area (Å²) in [7, 11) is 0. The Kier molecular flexibility index (Phi) is 7.53. The first-order valence-corrected chi connectivity index (χ1v) is 11.4. The number of benzene rings is 2. The number of carbonyl (C=O) groups is 2. The molecule has 2 aromatic carbocycles. The van der Waals surface area contributed by atoms with Gasteiger partial charge in [0.05, 0.1) is 11.3 Å². The van der Waals surface area contributed by atoms with E-state index < -0.39 is 18.1 Å². The zero-order valence-corrected chi connectivity index (χ0v) is 19.6. The number of likely N-dealkylation sites (tertiary alicyclic amines) is 1. The number of fused-ring (bicyclic) bond motifs is 1. The zero-order valence-electron chi connectivity index (χ0n) is 19.6. The number of carboxylic acids is 1. The van der Waals surface area contributed by atoms with Gasteiger partial charge in [-0.2, -0.15) is 18.3 Å². The predicted octanol–water partition coefficient (Wildman–Crippen LogP) is 4.14. The molecule has 5 rings (SSSR count). The average molecular weight is 512 g/mol. The minimum absolute atomic E-state index is 0.444. The summed E-state index contributed by atoms with van der Waals surface area (Å²) in [6.45, 7) is 3.05. The Bertz CT molecular complexity index is 1390. The van der Waals surface area contributed by atoms with Gasteiger partial charge < -0.3 is 10.8 Å². The van der Waals surface area contributed by atoms with Crippen LogP contribution < -0.4 is 5.73 Å². The van der Waals surface area contributed by atoms with Crippen molar-refractivity contribution in [2.75, 3.05) is 13.1 Å². The number of aliphatic carboxylic acids is 1. The molecule has 1 fully saturated rings. The van der Waals surface area contributed by atoms with E-state index in [4.69, 9.17) is 15.6 Å². The van der Waals surface area contributed by atoms with Crippen LogP contribution in [-0.4, -0.2) is 55.9 Å². The van der Waals surface area contributed by atoms with Crippen LogP contribution in [0.1, 0.15) is 34.0 Å². The van der Waals surface area contributed by atoms with Crippen LogP contribution in [0.2, 0.25) is 0 Å². The van der Waals surface area contributed by atoms with E-state index in [-0.39, 0.29) is 0 Å². The van der Waals surface area contributed by atoms with Crippen LogP contribution in [0, 0.1) is 0 Å². The largest absolute Gasteiger partial charge is 0.490 e. The first kappa shape index (κ1) is 25.8. The van der Waals surface area contributed by atoms with Gasteiger partial charge in [-0.15, -0.1) is 0 Å². The van der Waals surface area contributed by atoms with E-state index in [0.29, 0.717) is 17.0 Å². The van der Waals surface area contributed by atoms with E-state index in [1.54, 1.807) is 10.7 Å². The van der Waals surface area contributed by atoms with Crippen LogP contribution in [0.25, 0.3) is 16.6 Å². The maximum atomic E-state index is 11.6. The van der Waals surface area contributed by atoms with Crippen molar-refractivity contribution in [2.45, 2.75) is 25.1 Å². The number of halogens is 3. The van der Waals surface area contributed by atoms with Gasteiger partial charge in [0.2, 0.25) is 0 Å². The number of rotatable bonds is 5. The monoisotopic (exact) mass is 511 g/mol. The number of hydrogen-bond donors (Lipinski definition) is 2. The molecule has 1 amide bonds.